The van der Waals surface area contributed by atoms with Gasteiger partial charge in [-0.25, -0.2) is 0 Å². The number of hydrogen-bond donors (Lipinski definition) is 4. The first kappa shape index (κ1) is 13.5. The maximum atomic E-state index is 11.0. The molecule has 1 heterocycles. The third-order valence-electron chi connectivity index (χ3n) is 2.54. The lowest BCUT2D eigenvalue weighted by molar-refractivity contribution is 0.387. The Morgan fingerprint density at radius 2 is 2.12 bits per heavy atom. The molecule has 0 radical (unpaired) electrons. The Hall–Kier alpha value is -0.580. The van der Waals surface area contributed by atoms with Gasteiger partial charge in [0.1, 0.15) is 0 Å². The molecule has 0 spiro atoms. The molecule has 1 aliphatic heterocycles. The summed E-state index contributed by atoms with van der Waals surface area (Å²) in [6.07, 6.45) is 0.836. The maximum absolute atomic E-state index is 11.0. The van der Waals surface area contributed by atoms with Crippen LogP contribution in [0.2, 0.25) is 0 Å². The quantitative estimate of drug-likeness (QED) is 0.561. The Balaban J connectivity index is 0.00000128. The Bertz CT molecular complexity index is 435. The monoisotopic (exact) mass is 264 g/mol. The summed E-state index contributed by atoms with van der Waals surface area (Å²) in [5, 5.41) is 3.11. The Kier molecular flexibility index (Phi) is 3.99. The summed E-state index contributed by atoms with van der Waals surface area (Å²) in [5.74, 6) is 0. The topological polar surface area (TPSA) is 95.6 Å². The van der Waals surface area contributed by atoms with Gasteiger partial charge in [-0.3, -0.25) is 4.57 Å². The molecule has 5 nitrogen and oxygen atoms in total. The van der Waals surface area contributed by atoms with Crippen molar-refractivity contribution in [1.29, 1.82) is 0 Å². The van der Waals surface area contributed by atoms with E-state index in [1.165, 1.54) is 12.1 Å². The number of anilines is 1. The van der Waals surface area contributed by atoms with Crippen LogP contribution in [-0.2, 0) is 4.57 Å². The van der Waals surface area contributed by atoms with Crippen molar-refractivity contribution in [2.75, 3.05) is 11.9 Å². The largest absolute Gasteiger partial charge is 0.385 e. The van der Waals surface area contributed by atoms with E-state index in [2.05, 4.69) is 5.32 Å². The van der Waals surface area contributed by atoms with Gasteiger partial charge in [-0.15, -0.1) is 12.4 Å². The number of nitrogens with two attached hydrogens (primary N) is 1. The van der Waals surface area contributed by atoms with Crippen molar-refractivity contribution < 1.29 is 14.4 Å². The second kappa shape index (κ2) is 4.73. The third-order valence-corrected chi connectivity index (χ3v) is 3.49. The number of fused-ring (bicyclic) bond motifs is 1. The number of hydrogen-bond acceptors (Lipinski definition) is 3. The fraction of sp³-hybridized carbons (Fsp3) is 0.333. The molecule has 0 saturated heterocycles. The molecule has 0 aromatic heterocycles. The molecule has 0 amide bonds. The van der Waals surface area contributed by atoms with Gasteiger partial charge < -0.3 is 20.8 Å². The van der Waals surface area contributed by atoms with E-state index < -0.39 is 7.60 Å². The first-order valence-electron chi connectivity index (χ1n) is 4.68. The van der Waals surface area contributed by atoms with E-state index >= 15 is 0 Å². The summed E-state index contributed by atoms with van der Waals surface area (Å²) in [4.78, 5) is 18.0. The van der Waals surface area contributed by atoms with Crippen molar-refractivity contribution in [3.63, 3.8) is 0 Å². The molecule has 16 heavy (non-hydrogen) atoms. The standard InChI is InChI=1S/C9H13N2O3P.ClH/c10-8-3-4-11-9-5-6(15(12,13)14)1-2-7(8)9;/h1-2,5,8,11H,3-4,10H2,(H2,12,13,14);1H. The Morgan fingerprint density at radius 3 is 2.75 bits per heavy atom. The summed E-state index contributed by atoms with van der Waals surface area (Å²) in [6, 6.07) is 4.55. The fourth-order valence-corrected chi connectivity index (χ4v) is 2.29. The molecule has 1 aromatic rings. The molecule has 7 heteroatoms. The molecule has 2 rings (SSSR count). The zero-order valence-corrected chi connectivity index (χ0v) is 10.2. The lowest BCUT2D eigenvalue weighted by Gasteiger charge is -2.24. The van der Waals surface area contributed by atoms with E-state index in [1.807, 2.05) is 0 Å². The second-order valence-corrected chi connectivity index (χ2v) is 5.24. The van der Waals surface area contributed by atoms with Gasteiger partial charge >= 0.3 is 7.60 Å². The van der Waals surface area contributed by atoms with Gasteiger partial charge in [0, 0.05) is 18.3 Å². The first-order valence-corrected chi connectivity index (χ1v) is 6.29. The first-order chi connectivity index (χ1) is 6.98. The molecule has 1 aliphatic rings. The van der Waals surface area contributed by atoms with Gasteiger partial charge in [-0.05, 0) is 24.1 Å². The van der Waals surface area contributed by atoms with Crippen molar-refractivity contribution in [3.8, 4) is 0 Å². The average Bonchev–Trinajstić information content (AvgIpc) is 2.16. The van der Waals surface area contributed by atoms with Crippen LogP contribution < -0.4 is 16.4 Å². The normalized spacial score (nSPS) is 19.3. The van der Waals surface area contributed by atoms with Gasteiger partial charge in [0.15, 0.2) is 0 Å². The highest BCUT2D eigenvalue weighted by Gasteiger charge is 2.22. The highest BCUT2D eigenvalue weighted by atomic mass is 35.5. The van der Waals surface area contributed by atoms with E-state index in [1.54, 1.807) is 6.07 Å². The summed E-state index contributed by atoms with van der Waals surface area (Å²) in [6.45, 7) is 0.735. The van der Waals surface area contributed by atoms with Gasteiger partial charge in [0.25, 0.3) is 0 Å². The van der Waals surface area contributed by atoms with Crippen LogP contribution in [0.25, 0.3) is 0 Å². The molecule has 0 fully saturated rings. The van der Waals surface area contributed by atoms with Crippen LogP contribution in [-0.4, -0.2) is 16.3 Å². The Morgan fingerprint density at radius 1 is 1.44 bits per heavy atom. The van der Waals surface area contributed by atoms with Crippen LogP contribution >= 0.6 is 20.0 Å². The zero-order valence-electron chi connectivity index (χ0n) is 8.46. The summed E-state index contributed by atoms with van der Waals surface area (Å²) in [5.41, 5.74) is 7.52. The Labute approximate surface area is 99.6 Å². The predicted molar refractivity (Wildman–Crippen MR) is 65.4 cm³/mol. The number of halogens is 1. The van der Waals surface area contributed by atoms with Crippen LogP contribution in [0, 0.1) is 0 Å². The van der Waals surface area contributed by atoms with Crippen LogP contribution in [0.4, 0.5) is 5.69 Å². The fourth-order valence-electron chi connectivity index (χ4n) is 1.72. The number of rotatable bonds is 1. The molecule has 5 N–H and O–H groups in total. The van der Waals surface area contributed by atoms with Crippen molar-refractivity contribution in [2.24, 2.45) is 5.73 Å². The van der Waals surface area contributed by atoms with Gasteiger partial charge in [-0.1, -0.05) is 6.07 Å². The summed E-state index contributed by atoms with van der Waals surface area (Å²) < 4.78 is 11.0. The molecule has 1 aromatic carbocycles. The number of benzene rings is 1. The van der Waals surface area contributed by atoms with Gasteiger partial charge in [0.05, 0.1) is 5.30 Å². The highest BCUT2D eigenvalue weighted by molar-refractivity contribution is 7.60. The number of nitrogens with one attached hydrogen (secondary N) is 1. The van der Waals surface area contributed by atoms with Crippen LogP contribution in [0.1, 0.15) is 18.0 Å². The highest BCUT2D eigenvalue weighted by Crippen LogP contribution is 2.36. The minimum atomic E-state index is -4.16. The lowest BCUT2D eigenvalue weighted by Crippen LogP contribution is -2.23. The van der Waals surface area contributed by atoms with Crippen molar-refractivity contribution in [1.82, 2.24) is 0 Å². The van der Waals surface area contributed by atoms with E-state index in [0.29, 0.717) is 0 Å². The molecule has 90 valence electrons. The van der Waals surface area contributed by atoms with Gasteiger partial charge in [-0.2, -0.15) is 0 Å². The van der Waals surface area contributed by atoms with Crippen molar-refractivity contribution in [2.45, 2.75) is 12.5 Å². The summed E-state index contributed by atoms with van der Waals surface area (Å²) >= 11 is 0. The van der Waals surface area contributed by atoms with E-state index in [0.717, 1.165) is 24.2 Å². The summed E-state index contributed by atoms with van der Waals surface area (Å²) in [7, 11) is -4.16. The lowest BCUT2D eigenvalue weighted by atomic mass is 9.99. The van der Waals surface area contributed by atoms with Crippen LogP contribution in [0.5, 0.6) is 0 Å². The van der Waals surface area contributed by atoms with Crippen LogP contribution in [0.15, 0.2) is 18.2 Å². The molecule has 0 saturated carbocycles. The molecular formula is C9H14ClN2O3P. The predicted octanol–water partition coefficient (Wildman–Crippen LogP) is 0.727. The average molecular weight is 265 g/mol. The SMILES string of the molecule is Cl.NC1CCNc2cc(P(=O)(O)O)ccc21. The molecule has 0 bridgehead atoms. The van der Waals surface area contributed by atoms with E-state index in [9.17, 15) is 4.57 Å². The molecule has 1 atom stereocenters. The van der Waals surface area contributed by atoms with Gasteiger partial charge in [0.2, 0.25) is 0 Å². The molecule has 1 unspecified atom stereocenters. The minimum Gasteiger partial charge on any atom is -0.385 e. The third kappa shape index (κ3) is 2.56. The smallest absolute Gasteiger partial charge is 0.356 e. The zero-order chi connectivity index (χ0) is 11.1. The van der Waals surface area contributed by atoms with Crippen molar-refractivity contribution >= 4 is 31.0 Å². The van der Waals surface area contributed by atoms with E-state index in [4.69, 9.17) is 15.5 Å². The second-order valence-electron chi connectivity index (χ2n) is 3.64. The minimum absolute atomic E-state index is 0. The van der Waals surface area contributed by atoms with Crippen LogP contribution in [0.3, 0.4) is 0 Å². The van der Waals surface area contributed by atoms with Crippen molar-refractivity contribution in [3.05, 3.63) is 23.8 Å². The molecule has 0 aliphatic carbocycles. The van der Waals surface area contributed by atoms with E-state index in [-0.39, 0.29) is 23.8 Å². The molecular weight excluding hydrogens is 251 g/mol. The maximum Gasteiger partial charge on any atom is 0.356 e.